The lowest BCUT2D eigenvalue weighted by atomic mass is 9.97. The van der Waals surface area contributed by atoms with Crippen LogP contribution < -0.4 is 16.6 Å². The highest BCUT2D eigenvalue weighted by Crippen LogP contribution is 2.20. The zero-order valence-electron chi connectivity index (χ0n) is 12.4. The average molecular weight is 335 g/mol. The van der Waals surface area contributed by atoms with Crippen LogP contribution in [0.1, 0.15) is 0 Å². The summed E-state index contributed by atoms with van der Waals surface area (Å²) < 4.78 is 4.95. The standard InChI is InChI=1S/C14H17N5O5/c15-8-9(20)10(21)11(24-14(8)23)13(22)19-18-12-7-4-2-1-3-6(7)5-16-17-12/h1-5,8-11,14,20-21,23H,15H2,(H,17,18)(H,19,22)/t8?,9-,10-,11?,14+/m0/s1. The molecule has 1 saturated heterocycles. The highest BCUT2D eigenvalue weighted by molar-refractivity contribution is 5.92. The maximum Gasteiger partial charge on any atom is 0.270 e. The number of carbonyl (C=O) groups excluding carboxylic acids is 1. The molecule has 1 aliphatic heterocycles. The van der Waals surface area contributed by atoms with Crippen LogP contribution in [-0.4, -0.2) is 62.1 Å². The third-order valence-electron chi connectivity index (χ3n) is 3.80. The number of nitrogens with zero attached hydrogens (tertiary/aromatic N) is 2. The molecule has 7 N–H and O–H groups in total. The molecule has 0 spiro atoms. The van der Waals surface area contributed by atoms with Gasteiger partial charge in [0.05, 0.1) is 12.2 Å². The van der Waals surface area contributed by atoms with Crippen molar-refractivity contribution in [1.29, 1.82) is 0 Å². The normalized spacial score (nSPS) is 30.1. The summed E-state index contributed by atoms with van der Waals surface area (Å²) in [6, 6.07) is 6.06. The lowest BCUT2D eigenvalue weighted by molar-refractivity contribution is -0.238. The number of aromatic nitrogens is 2. The van der Waals surface area contributed by atoms with Crippen molar-refractivity contribution in [2.24, 2.45) is 5.73 Å². The quantitative estimate of drug-likeness (QED) is 0.343. The van der Waals surface area contributed by atoms with Crippen molar-refractivity contribution >= 4 is 22.5 Å². The summed E-state index contributed by atoms with van der Waals surface area (Å²) in [4.78, 5) is 12.1. The van der Waals surface area contributed by atoms with E-state index in [0.29, 0.717) is 5.82 Å². The van der Waals surface area contributed by atoms with E-state index in [-0.39, 0.29) is 0 Å². The Bertz CT molecular complexity index is 739. The van der Waals surface area contributed by atoms with E-state index in [2.05, 4.69) is 21.0 Å². The maximum absolute atomic E-state index is 12.1. The molecule has 3 rings (SSSR count). The highest BCUT2D eigenvalue weighted by atomic mass is 16.6. The topological polar surface area (TPSA) is 163 Å². The van der Waals surface area contributed by atoms with Crippen molar-refractivity contribution in [1.82, 2.24) is 15.6 Å². The van der Waals surface area contributed by atoms with Crippen LogP contribution in [0.4, 0.5) is 5.82 Å². The highest BCUT2D eigenvalue weighted by Gasteiger charge is 2.45. The van der Waals surface area contributed by atoms with Crippen LogP contribution in [0.5, 0.6) is 0 Å². The van der Waals surface area contributed by atoms with Gasteiger partial charge in [-0.15, -0.1) is 5.10 Å². The second-order valence-electron chi connectivity index (χ2n) is 5.40. The summed E-state index contributed by atoms with van der Waals surface area (Å²) in [5.74, 6) is -0.508. The van der Waals surface area contributed by atoms with Gasteiger partial charge in [0.15, 0.2) is 18.2 Å². The molecule has 1 amide bonds. The molecular formula is C14H17N5O5. The Morgan fingerprint density at radius 1 is 1.21 bits per heavy atom. The monoisotopic (exact) mass is 335 g/mol. The largest absolute Gasteiger partial charge is 0.388 e. The van der Waals surface area contributed by atoms with Crippen LogP contribution in [0.2, 0.25) is 0 Å². The van der Waals surface area contributed by atoms with Crippen LogP contribution in [0.3, 0.4) is 0 Å². The molecule has 1 aromatic heterocycles. The van der Waals surface area contributed by atoms with Gasteiger partial charge in [-0.1, -0.05) is 24.3 Å². The Hall–Kier alpha value is -2.37. The lowest BCUT2D eigenvalue weighted by Gasteiger charge is -2.38. The molecule has 10 heteroatoms. The molecule has 1 aliphatic rings. The van der Waals surface area contributed by atoms with Gasteiger partial charge in [-0.3, -0.25) is 15.6 Å². The van der Waals surface area contributed by atoms with Gasteiger partial charge in [0.25, 0.3) is 5.91 Å². The number of aliphatic hydroxyl groups is 3. The summed E-state index contributed by atoms with van der Waals surface area (Å²) in [6.07, 6.45) is -4.57. The number of nitrogens with two attached hydrogens (primary N) is 1. The van der Waals surface area contributed by atoms with Crippen molar-refractivity contribution in [3.8, 4) is 0 Å². The van der Waals surface area contributed by atoms with E-state index in [1.54, 1.807) is 18.3 Å². The fraction of sp³-hybridized carbons (Fsp3) is 0.357. The fourth-order valence-corrected chi connectivity index (χ4v) is 2.43. The first-order chi connectivity index (χ1) is 11.5. The number of aliphatic hydroxyl groups excluding tert-OH is 3. The van der Waals surface area contributed by atoms with Crippen molar-refractivity contribution in [3.63, 3.8) is 0 Å². The van der Waals surface area contributed by atoms with Crippen LogP contribution >= 0.6 is 0 Å². The Balaban J connectivity index is 1.71. The molecule has 5 atom stereocenters. The Morgan fingerprint density at radius 3 is 2.75 bits per heavy atom. The summed E-state index contributed by atoms with van der Waals surface area (Å²) in [7, 11) is 0. The minimum Gasteiger partial charge on any atom is -0.388 e. The third-order valence-corrected chi connectivity index (χ3v) is 3.80. The Labute approximate surface area is 136 Å². The van der Waals surface area contributed by atoms with Crippen LogP contribution in [0.25, 0.3) is 10.8 Å². The molecule has 0 radical (unpaired) electrons. The SMILES string of the molecule is NC1[C@H](O)OC(C(=O)NNc2nncc3ccccc23)[C@@H](O)[C@H]1O. The molecule has 0 saturated carbocycles. The number of carbonyl (C=O) groups is 1. The van der Waals surface area contributed by atoms with Crippen molar-refractivity contribution < 1.29 is 24.9 Å². The Morgan fingerprint density at radius 2 is 1.96 bits per heavy atom. The first-order valence-electron chi connectivity index (χ1n) is 7.20. The predicted octanol–water partition coefficient (Wildman–Crippen LogP) is -2.16. The van der Waals surface area contributed by atoms with Gasteiger partial charge in [0, 0.05) is 10.8 Å². The van der Waals surface area contributed by atoms with Gasteiger partial charge in [-0.25, -0.2) is 0 Å². The fourth-order valence-electron chi connectivity index (χ4n) is 2.43. The number of anilines is 1. The zero-order chi connectivity index (χ0) is 17.3. The Kier molecular flexibility index (Phi) is 4.55. The van der Waals surface area contributed by atoms with Crippen LogP contribution in [0.15, 0.2) is 30.5 Å². The molecular weight excluding hydrogens is 318 g/mol. The number of amides is 1. The number of nitrogens with one attached hydrogen (secondary N) is 2. The zero-order valence-corrected chi connectivity index (χ0v) is 12.4. The molecule has 2 unspecified atom stereocenters. The van der Waals surface area contributed by atoms with E-state index in [9.17, 15) is 20.1 Å². The summed E-state index contributed by atoms with van der Waals surface area (Å²) in [5.41, 5.74) is 10.3. The van der Waals surface area contributed by atoms with E-state index >= 15 is 0 Å². The van der Waals surface area contributed by atoms with Gasteiger partial charge in [0.2, 0.25) is 0 Å². The molecule has 1 aromatic carbocycles. The lowest BCUT2D eigenvalue weighted by Crippen LogP contribution is -2.64. The molecule has 128 valence electrons. The number of hydrazine groups is 1. The molecule has 0 bridgehead atoms. The minimum atomic E-state index is -1.58. The smallest absolute Gasteiger partial charge is 0.270 e. The van der Waals surface area contributed by atoms with Gasteiger partial charge < -0.3 is 25.8 Å². The number of fused-ring (bicyclic) bond motifs is 1. The molecule has 2 heterocycles. The van der Waals surface area contributed by atoms with Crippen LogP contribution in [0, 0.1) is 0 Å². The van der Waals surface area contributed by atoms with Crippen molar-refractivity contribution in [2.45, 2.75) is 30.6 Å². The number of ether oxygens (including phenoxy) is 1. The summed E-state index contributed by atoms with van der Waals surface area (Å²) >= 11 is 0. The van der Waals surface area contributed by atoms with Gasteiger partial charge in [-0.05, 0) is 0 Å². The second kappa shape index (κ2) is 6.63. The van der Waals surface area contributed by atoms with E-state index in [1.807, 2.05) is 12.1 Å². The first-order valence-corrected chi connectivity index (χ1v) is 7.20. The molecule has 1 fully saturated rings. The van der Waals surface area contributed by atoms with Gasteiger partial charge in [-0.2, -0.15) is 5.10 Å². The van der Waals surface area contributed by atoms with Gasteiger partial charge in [0.1, 0.15) is 12.2 Å². The second-order valence-corrected chi connectivity index (χ2v) is 5.40. The number of benzene rings is 1. The minimum absolute atomic E-state index is 0.296. The third kappa shape index (κ3) is 3.00. The van der Waals surface area contributed by atoms with Crippen molar-refractivity contribution in [2.75, 3.05) is 5.43 Å². The predicted molar refractivity (Wildman–Crippen MR) is 82.2 cm³/mol. The summed E-state index contributed by atoms with van der Waals surface area (Å²) in [5, 5.41) is 38.4. The van der Waals surface area contributed by atoms with E-state index < -0.39 is 36.6 Å². The first kappa shape index (κ1) is 16.5. The van der Waals surface area contributed by atoms with E-state index in [4.69, 9.17) is 10.5 Å². The molecule has 2 aromatic rings. The number of hydrogen-bond donors (Lipinski definition) is 6. The molecule has 24 heavy (non-hydrogen) atoms. The summed E-state index contributed by atoms with van der Waals surface area (Å²) in [6.45, 7) is 0. The van der Waals surface area contributed by atoms with Gasteiger partial charge >= 0.3 is 0 Å². The number of hydrogen-bond acceptors (Lipinski definition) is 9. The van der Waals surface area contributed by atoms with E-state index in [0.717, 1.165) is 10.8 Å². The number of rotatable bonds is 3. The maximum atomic E-state index is 12.1. The van der Waals surface area contributed by atoms with E-state index in [1.165, 1.54) is 0 Å². The molecule has 10 nitrogen and oxygen atoms in total. The van der Waals surface area contributed by atoms with Crippen LogP contribution in [-0.2, 0) is 9.53 Å². The average Bonchev–Trinajstić information content (AvgIpc) is 2.60. The van der Waals surface area contributed by atoms with Crippen molar-refractivity contribution in [3.05, 3.63) is 30.5 Å². The molecule has 0 aliphatic carbocycles.